The first-order valence-corrected chi connectivity index (χ1v) is 6.05. The van der Waals surface area contributed by atoms with Crippen LogP contribution in [0.3, 0.4) is 0 Å². The number of thiophene rings is 1. The second kappa shape index (κ2) is 7.14. The van der Waals surface area contributed by atoms with Gasteiger partial charge in [-0.25, -0.2) is 0 Å². The van der Waals surface area contributed by atoms with Crippen molar-refractivity contribution in [1.29, 1.82) is 0 Å². The summed E-state index contributed by atoms with van der Waals surface area (Å²) in [5, 5.41) is 0. The fourth-order valence-corrected chi connectivity index (χ4v) is 1.96. The van der Waals surface area contributed by atoms with Crippen LogP contribution in [0.15, 0.2) is 12.1 Å². The van der Waals surface area contributed by atoms with Gasteiger partial charge in [0, 0.05) is 9.75 Å². The van der Waals surface area contributed by atoms with Crippen molar-refractivity contribution < 1.29 is 0 Å². The third-order valence-corrected chi connectivity index (χ3v) is 2.82. The number of aryl methyl sites for hydroxylation is 2. The average molecular weight is 198 g/mol. The second-order valence-corrected chi connectivity index (χ2v) is 4.82. The molecule has 0 fully saturated rings. The molecular weight excluding hydrogens is 176 g/mol. The molecule has 0 aliphatic heterocycles. The minimum atomic E-state index is 0.831. The highest BCUT2D eigenvalue weighted by atomic mass is 32.1. The minimum absolute atomic E-state index is 0.831. The molecule has 0 aromatic carbocycles. The smallest absolute Gasteiger partial charge is 0.00481 e. The Morgan fingerprint density at radius 2 is 1.85 bits per heavy atom. The molecule has 0 nitrogen and oxygen atoms in total. The van der Waals surface area contributed by atoms with Crippen LogP contribution in [0.25, 0.3) is 0 Å². The molecule has 1 heteroatoms. The van der Waals surface area contributed by atoms with E-state index in [9.17, 15) is 0 Å². The zero-order valence-corrected chi connectivity index (χ0v) is 10.4. The SMILES string of the molecule is CC.Cc1ccc(CCC(C)C)s1. The largest absolute Gasteiger partial charge is 0.146 e. The maximum absolute atomic E-state index is 2.28. The molecule has 1 aromatic heterocycles. The van der Waals surface area contributed by atoms with Crippen molar-refractivity contribution in [2.75, 3.05) is 0 Å². The Hall–Kier alpha value is -0.300. The van der Waals surface area contributed by atoms with E-state index >= 15 is 0 Å². The van der Waals surface area contributed by atoms with Gasteiger partial charge in [0.05, 0.1) is 0 Å². The molecule has 0 aliphatic carbocycles. The standard InChI is InChI=1S/C10H16S.C2H6/c1-8(2)4-6-10-7-5-9(3)11-10;1-2/h5,7-8H,4,6H2,1-3H3;1-2H3. The maximum Gasteiger partial charge on any atom is 0.00481 e. The van der Waals surface area contributed by atoms with Crippen molar-refractivity contribution in [3.05, 3.63) is 21.9 Å². The molecule has 1 aromatic rings. The third kappa shape index (κ3) is 5.87. The molecule has 0 radical (unpaired) electrons. The van der Waals surface area contributed by atoms with Gasteiger partial charge in [0.1, 0.15) is 0 Å². The Balaban J connectivity index is 0.000000671. The summed E-state index contributed by atoms with van der Waals surface area (Å²) in [6, 6.07) is 4.46. The van der Waals surface area contributed by atoms with E-state index in [4.69, 9.17) is 0 Å². The van der Waals surface area contributed by atoms with Crippen molar-refractivity contribution in [3.8, 4) is 0 Å². The molecule has 0 atom stereocenters. The van der Waals surface area contributed by atoms with Gasteiger partial charge in [-0.3, -0.25) is 0 Å². The summed E-state index contributed by atoms with van der Waals surface area (Å²) in [5.41, 5.74) is 0. The van der Waals surface area contributed by atoms with Crippen LogP contribution in [0.4, 0.5) is 0 Å². The quantitative estimate of drug-likeness (QED) is 0.662. The molecule has 0 saturated carbocycles. The van der Waals surface area contributed by atoms with Crippen molar-refractivity contribution in [1.82, 2.24) is 0 Å². The Morgan fingerprint density at radius 3 is 2.23 bits per heavy atom. The topological polar surface area (TPSA) is 0 Å². The van der Waals surface area contributed by atoms with Crippen LogP contribution in [0.1, 0.15) is 43.9 Å². The van der Waals surface area contributed by atoms with Gasteiger partial charge in [0.15, 0.2) is 0 Å². The summed E-state index contributed by atoms with van der Waals surface area (Å²) in [6.45, 7) is 10.7. The zero-order valence-electron chi connectivity index (χ0n) is 9.55. The Morgan fingerprint density at radius 1 is 1.23 bits per heavy atom. The van der Waals surface area contributed by atoms with E-state index < -0.39 is 0 Å². The maximum atomic E-state index is 2.28. The number of hydrogen-bond donors (Lipinski definition) is 0. The van der Waals surface area contributed by atoms with Crippen LogP contribution in [-0.2, 0) is 6.42 Å². The molecule has 0 bridgehead atoms. The monoisotopic (exact) mass is 198 g/mol. The summed E-state index contributed by atoms with van der Waals surface area (Å²) in [6.07, 6.45) is 2.58. The Kier molecular flexibility index (Phi) is 6.97. The van der Waals surface area contributed by atoms with E-state index in [-0.39, 0.29) is 0 Å². The number of hydrogen-bond acceptors (Lipinski definition) is 1. The summed E-state index contributed by atoms with van der Waals surface area (Å²) < 4.78 is 0. The molecule has 76 valence electrons. The summed E-state index contributed by atoms with van der Waals surface area (Å²) >= 11 is 1.93. The van der Waals surface area contributed by atoms with Crippen LogP contribution in [-0.4, -0.2) is 0 Å². The van der Waals surface area contributed by atoms with E-state index in [1.807, 2.05) is 25.2 Å². The first-order chi connectivity index (χ1) is 6.18. The lowest BCUT2D eigenvalue weighted by Gasteiger charge is -2.00. The molecule has 1 heterocycles. The minimum Gasteiger partial charge on any atom is -0.146 e. The predicted molar refractivity (Wildman–Crippen MR) is 63.6 cm³/mol. The van der Waals surface area contributed by atoms with Gasteiger partial charge in [0.25, 0.3) is 0 Å². The van der Waals surface area contributed by atoms with Crippen LogP contribution in [0, 0.1) is 12.8 Å². The lowest BCUT2D eigenvalue weighted by atomic mass is 10.1. The zero-order chi connectivity index (χ0) is 10.3. The molecule has 0 spiro atoms. The molecule has 0 N–H and O–H groups in total. The van der Waals surface area contributed by atoms with E-state index in [1.165, 1.54) is 22.6 Å². The summed E-state index contributed by atoms with van der Waals surface area (Å²) in [7, 11) is 0. The van der Waals surface area contributed by atoms with Gasteiger partial charge in [0.2, 0.25) is 0 Å². The molecule has 1 rings (SSSR count). The first kappa shape index (κ1) is 12.7. The van der Waals surface area contributed by atoms with E-state index in [1.54, 1.807) is 0 Å². The van der Waals surface area contributed by atoms with E-state index in [0.29, 0.717) is 0 Å². The van der Waals surface area contributed by atoms with Gasteiger partial charge in [-0.05, 0) is 37.8 Å². The lowest BCUT2D eigenvalue weighted by Crippen LogP contribution is -1.88. The van der Waals surface area contributed by atoms with Crippen molar-refractivity contribution in [2.45, 2.75) is 47.5 Å². The highest BCUT2D eigenvalue weighted by Crippen LogP contribution is 2.18. The highest BCUT2D eigenvalue weighted by Gasteiger charge is 1.98. The van der Waals surface area contributed by atoms with Crippen molar-refractivity contribution in [3.63, 3.8) is 0 Å². The van der Waals surface area contributed by atoms with Crippen LogP contribution in [0.2, 0.25) is 0 Å². The molecule has 0 aliphatic rings. The van der Waals surface area contributed by atoms with Crippen LogP contribution < -0.4 is 0 Å². The predicted octanol–water partition coefficient (Wildman–Crippen LogP) is 4.67. The van der Waals surface area contributed by atoms with E-state index in [0.717, 1.165) is 5.92 Å². The molecule has 0 amide bonds. The van der Waals surface area contributed by atoms with Gasteiger partial charge < -0.3 is 0 Å². The Bertz CT molecular complexity index is 211. The Labute approximate surface area is 87.0 Å². The lowest BCUT2D eigenvalue weighted by molar-refractivity contribution is 0.590. The van der Waals surface area contributed by atoms with Crippen LogP contribution >= 0.6 is 11.3 Å². The molecule has 13 heavy (non-hydrogen) atoms. The average Bonchev–Trinajstić information content (AvgIpc) is 2.52. The fourth-order valence-electron chi connectivity index (χ4n) is 1.05. The number of rotatable bonds is 3. The highest BCUT2D eigenvalue weighted by molar-refractivity contribution is 7.11. The van der Waals surface area contributed by atoms with Gasteiger partial charge in [-0.15, -0.1) is 11.3 Å². The summed E-state index contributed by atoms with van der Waals surface area (Å²) in [4.78, 5) is 2.97. The van der Waals surface area contributed by atoms with Gasteiger partial charge >= 0.3 is 0 Å². The van der Waals surface area contributed by atoms with Gasteiger partial charge in [-0.1, -0.05) is 27.7 Å². The van der Waals surface area contributed by atoms with Crippen molar-refractivity contribution >= 4 is 11.3 Å². The normalized spacial score (nSPS) is 9.69. The van der Waals surface area contributed by atoms with Crippen molar-refractivity contribution in [2.24, 2.45) is 5.92 Å². The van der Waals surface area contributed by atoms with Gasteiger partial charge in [-0.2, -0.15) is 0 Å². The molecule has 0 unspecified atom stereocenters. The fraction of sp³-hybridized carbons (Fsp3) is 0.667. The van der Waals surface area contributed by atoms with Crippen LogP contribution in [0.5, 0.6) is 0 Å². The van der Waals surface area contributed by atoms with E-state index in [2.05, 4.69) is 32.9 Å². The summed E-state index contributed by atoms with van der Waals surface area (Å²) in [5.74, 6) is 0.831. The third-order valence-electron chi connectivity index (χ3n) is 1.76. The molecular formula is C12H22S. The molecule has 0 saturated heterocycles. The second-order valence-electron chi connectivity index (χ2n) is 3.44. The first-order valence-electron chi connectivity index (χ1n) is 5.24.